The summed E-state index contributed by atoms with van der Waals surface area (Å²) in [7, 11) is 0. The van der Waals surface area contributed by atoms with Gasteiger partial charge < -0.3 is 9.15 Å². The zero-order valence-electron chi connectivity index (χ0n) is 13.8. The van der Waals surface area contributed by atoms with Gasteiger partial charge in [0, 0.05) is 10.8 Å². The first-order chi connectivity index (χ1) is 11.5. The molecule has 6 heteroatoms. The van der Waals surface area contributed by atoms with Crippen molar-refractivity contribution in [1.29, 1.82) is 0 Å². The average molecular weight is 331 g/mol. The predicted molar refractivity (Wildman–Crippen MR) is 88.2 cm³/mol. The van der Waals surface area contributed by atoms with Crippen molar-refractivity contribution >= 4 is 5.78 Å². The SMILES string of the molecule is C[C@H](OCc1ccccc1)C(=O)[C@@H](C)[C@@H](C[N+](=O)[O-])c1ccco1. The highest BCUT2D eigenvalue weighted by molar-refractivity contribution is 5.85. The van der Waals surface area contributed by atoms with Gasteiger partial charge in [-0.05, 0) is 24.6 Å². The number of nitrogens with zero attached hydrogens (tertiary/aromatic N) is 1. The molecule has 128 valence electrons. The van der Waals surface area contributed by atoms with E-state index in [0.717, 1.165) is 5.56 Å². The van der Waals surface area contributed by atoms with Crippen LogP contribution < -0.4 is 0 Å². The minimum absolute atomic E-state index is 0.172. The summed E-state index contributed by atoms with van der Waals surface area (Å²) in [6.07, 6.45) is 0.804. The Hall–Kier alpha value is -2.47. The van der Waals surface area contributed by atoms with E-state index < -0.39 is 22.9 Å². The molecule has 24 heavy (non-hydrogen) atoms. The molecule has 3 atom stereocenters. The summed E-state index contributed by atoms with van der Waals surface area (Å²) in [6.45, 7) is 3.32. The van der Waals surface area contributed by atoms with E-state index in [4.69, 9.17) is 9.15 Å². The third-order valence-electron chi connectivity index (χ3n) is 4.05. The van der Waals surface area contributed by atoms with Crippen molar-refractivity contribution in [2.75, 3.05) is 6.54 Å². The molecular weight excluding hydrogens is 310 g/mol. The Bertz CT molecular complexity index is 653. The summed E-state index contributed by atoms with van der Waals surface area (Å²) >= 11 is 0. The first-order valence-electron chi connectivity index (χ1n) is 7.83. The Morgan fingerprint density at radius 1 is 1.21 bits per heavy atom. The van der Waals surface area contributed by atoms with Gasteiger partial charge in [-0.1, -0.05) is 37.3 Å². The van der Waals surface area contributed by atoms with Gasteiger partial charge in [0.1, 0.15) is 11.9 Å². The fourth-order valence-corrected chi connectivity index (χ4v) is 2.60. The van der Waals surface area contributed by atoms with Crippen molar-refractivity contribution in [1.82, 2.24) is 0 Å². The Morgan fingerprint density at radius 2 is 1.92 bits per heavy atom. The minimum atomic E-state index is -0.649. The molecule has 0 spiro atoms. The lowest BCUT2D eigenvalue weighted by atomic mass is 9.86. The van der Waals surface area contributed by atoms with E-state index in [1.165, 1.54) is 6.26 Å². The second-order valence-corrected chi connectivity index (χ2v) is 5.77. The van der Waals surface area contributed by atoms with Crippen LogP contribution in [0.15, 0.2) is 53.1 Å². The summed E-state index contributed by atoms with van der Waals surface area (Å²) in [5, 5.41) is 10.9. The fraction of sp³-hybridized carbons (Fsp3) is 0.389. The molecule has 0 fully saturated rings. The molecule has 0 saturated heterocycles. The smallest absolute Gasteiger partial charge is 0.214 e. The number of hydrogen-bond donors (Lipinski definition) is 0. The number of hydrogen-bond acceptors (Lipinski definition) is 5. The number of ether oxygens (including phenoxy) is 1. The monoisotopic (exact) mass is 331 g/mol. The molecular formula is C18H21NO5. The van der Waals surface area contributed by atoms with E-state index in [2.05, 4.69) is 0 Å². The Balaban J connectivity index is 2.01. The van der Waals surface area contributed by atoms with Crippen LogP contribution in [0.1, 0.15) is 31.1 Å². The zero-order valence-corrected chi connectivity index (χ0v) is 13.8. The maximum atomic E-state index is 12.6. The predicted octanol–water partition coefficient (Wildman–Crippen LogP) is 3.45. The van der Waals surface area contributed by atoms with Crippen LogP contribution in [-0.4, -0.2) is 23.4 Å². The molecule has 1 heterocycles. The van der Waals surface area contributed by atoms with Crippen LogP contribution in [0.2, 0.25) is 0 Å². The van der Waals surface area contributed by atoms with Gasteiger partial charge in [0.2, 0.25) is 6.54 Å². The van der Waals surface area contributed by atoms with Gasteiger partial charge in [-0.3, -0.25) is 14.9 Å². The van der Waals surface area contributed by atoms with Crippen molar-refractivity contribution in [3.8, 4) is 0 Å². The van der Waals surface area contributed by atoms with Crippen LogP contribution in [0.25, 0.3) is 0 Å². The van der Waals surface area contributed by atoms with Crippen LogP contribution in [0.3, 0.4) is 0 Å². The maximum Gasteiger partial charge on any atom is 0.214 e. The zero-order chi connectivity index (χ0) is 17.5. The highest BCUT2D eigenvalue weighted by Crippen LogP contribution is 2.27. The number of furan rings is 1. The summed E-state index contributed by atoms with van der Waals surface area (Å²) in [4.78, 5) is 23.1. The molecule has 0 bridgehead atoms. The third-order valence-corrected chi connectivity index (χ3v) is 4.05. The summed E-state index contributed by atoms with van der Waals surface area (Å²) in [6, 6.07) is 12.9. The molecule has 2 aromatic rings. The number of carbonyl (C=O) groups excluding carboxylic acids is 1. The average Bonchev–Trinajstić information content (AvgIpc) is 3.11. The maximum absolute atomic E-state index is 12.6. The number of nitro groups is 1. The van der Waals surface area contributed by atoms with Crippen LogP contribution >= 0.6 is 0 Å². The molecule has 0 unspecified atom stereocenters. The van der Waals surface area contributed by atoms with Crippen LogP contribution in [0.5, 0.6) is 0 Å². The molecule has 6 nitrogen and oxygen atoms in total. The Kier molecular flexibility index (Phi) is 6.26. The fourth-order valence-electron chi connectivity index (χ4n) is 2.60. The molecule has 0 amide bonds. The normalized spacial score (nSPS) is 14.8. The van der Waals surface area contributed by atoms with E-state index in [9.17, 15) is 14.9 Å². The standard InChI is InChI=1S/C18H21NO5/c1-13(16(11-19(21)22)17-9-6-10-23-17)18(20)14(2)24-12-15-7-4-3-5-8-15/h3-10,13-14,16H,11-12H2,1-2H3/t13-,14-,16+/m0/s1. The molecule has 0 radical (unpaired) electrons. The number of rotatable bonds is 9. The van der Waals surface area contributed by atoms with Gasteiger partial charge in [0.25, 0.3) is 0 Å². The van der Waals surface area contributed by atoms with Gasteiger partial charge in [0.15, 0.2) is 5.78 Å². The van der Waals surface area contributed by atoms with E-state index in [0.29, 0.717) is 12.4 Å². The summed E-state index contributed by atoms with van der Waals surface area (Å²) in [5.74, 6) is -0.908. The van der Waals surface area contributed by atoms with Gasteiger partial charge >= 0.3 is 0 Å². The highest BCUT2D eigenvalue weighted by atomic mass is 16.6. The molecule has 0 aliphatic heterocycles. The second-order valence-electron chi connectivity index (χ2n) is 5.77. The van der Waals surface area contributed by atoms with Crippen LogP contribution in [0.4, 0.5) is 0 Å². The first kappa shape index (κ1) is 17.9. The van der Waals surface area contributed by atoms with Crippen molar-refractivity contribution in [2.24, 2.45) is 5.92 Å². The molecule has 0 aliphatic carbocycles. The highest BCUT2D eigenvalue weighted by Gasteiger charge is 2.34. The Morgan fingerprint density at radius 3 is 2.50 bits per heavy atom. The first-order valence-corrected chi connectivity index (χ1v) is 7.83. The summed E-state index contributed by atoms with van der Waals surface area (Å²) in [5.41, 5.74) is 0.970. The minimum Gasteiger partial charge on any atom is -0.469 e. The quantitative estimate of drug-likeness (QED) is 0.519. The van der Waals surface area contributed by atoms with Gasteiger partial charge in [-0.25, -0.2) is 0 Å². The van der Waals surface area contributed by atoms with Crippen molar-refractivity contribution in [3.05, 3.63) is 70.2 Å². The van der Waals surface area contributed by atoms with Crippen molar-refractivity contribution in [2.45, 2.75) is 32.5 Å². The Labute approximate surface area is 140 Å². The summed E-state index contributed by atoms with van der Waals surface area (Å²) < 4.78 is 10.9. The topological polar surface area (TPSA) is 82.6 Å². The van der Waals surface area contributed by atoms with Gasteiger partial charge in [-0.2, -0.15) is 0 Å². The lowest BCUT2D eigenvalue weighted by molar-refractivity contribution is -0.484. The second kappa shape index (κ2) is 8.40. The largest absolute Gasteiger partial charge is 0.469 e. The lowest BCUT2D eigenvalue weighted by Crippen LogP contribution is -2.32. The number of carbonyl (C=O) groups is 1. The molecule has 0 saturated carbocycles. The molecule has 2 rings (SSSR count). The van der Waals surface area contributed by atoms with Crippen molar-refractivity contribution < 1.29 is 18.9 Å². The molecule has 0 aliphatic rings. The van der Waals surface area contributed by atoms with Crippen LogP contribution in [0, 0.1) is 16.0 Å². The molecule has 0 N–H and O–H groups in total. The number of benzene rings is 1. The third kappa shape index (κ3) is 4.76. The van der Waals surface area contributed by atoms with E-state index in [1.54, 1.807) is 26.0 Å². The van der Waals surface area contributed by atoms with E-state index in [-0.39, 0.29) is 12.3 Å². The van der Waals surface area contributed by atoms with Crippen molar-refractivity contribution in [3.63, 3.8) is 0 Å². The molecule has 1 aromatic carbocycles. The van der Waals surface area contributed by atoms with E-state index in [1.807, 2.05) is 30.3 Å². The van der Waals surface area contributed by atoms with Gasteiger partial charge in [-0.15, -0.1) is 0 Å². The lowest BCUT2D eigenvalue weighted by Gasteiger charge is -2.21. The van der Waals surface area contributed by atoms with Crippen LogP contribution in [-0.2, 0) is 16.1 Å². The van der Waals surface area contributed by atoms with Gasteiger partial charge in [0.05, 0.1) is 18.8 Å². The number of Topliss-reactive ketones (excluding diaryl/α,β-unsaturated/α-hetero) is 1. The number of ketones is 1. The molecule has 1 aromatic heterocycles. The van der Waals surface area contributed by atoms with E-state index >= 15 is 0 Å².